The van der Waals surface area contributed by atoms with Crippen molar-refractivity contribution in [1.29, 1.82) is 5.41 Å². The van der Waals surface area contributed by atoms with Crippen LogP contribution in [0.5, 0.6) is 0 Å². The number of carbonyl (C=O) groups excluding carboxylic acids is 1. The molecule has 0 unspecified atom stereocenters. The molecule has 0 bridgehead atoms. The number of halogens is 1. The highest BCUT2D eigenvalue weighted by atomic mass is 79.9. The van der Waals surface area contributed by atoms with Gasteiger partial charge in [0.05, 0.1) is 12.1 Å². The first-order valence-electron chi connectivity index (χ1n) is 6.55. The van der Waals surface area contributed by atoms with E-state index in [0.29, 0.717) is 11.3 Å². The van der Waals surface area contributed by atoms with Crippen molar-refractivity contribution in [2.45, 2.75) is 13.3 Å². The molecule has 0 saturated carbocycles. The number of hydrogen-bond donors (Lipinski definition) is 2. The van der Waals surface area contributed by atoms with Gasteiger partial charge in [-0.3, -0.25) is 9.78 Å². The smallest absolute Gasteiger partial charge is 0.253 e. The molecule has 0 aliphatic heterocycles. The van der Waals surface area contributed by atoms with Crippen LogP contribution in [-0.2, 0) is 6.42 Å². The zero-order valence-corrected chi connectivity index (χ0v) is 13.3. The Balaban J connectivity index is 2.08. The summed E-state index contributed by atoms with van der Waals surface area (Å²) in [6, 6.07) is 9.90. The van der Waals surface area contributed by atoms with E-state index in [4.69, 9.17) is 5.41 Å². The molecule has 0 atom stereocenters. The van der Waals surface area contributed by atoms with Crippen molar-refractivity contribution in [3.8, 4) is 0 Å². The van der Waals surface area contributed by atoms with Crippen LogP contribution in [0.25, 0.3) is 0 Å². The molecule has 1 aromatic heterocycles. The van der Waals surface area contributed by atoms with Crippen LogP contribution < -0.4 is 5.32 Å². The molecule has 0 radical (unpaired) electrons. The van der Waals surface area contributed by atoms with Gasteiger partial charge >= 0.3 is 0 Å². The number of pyridine rings is 1. The van der Waals surface area contributed by atoms with Crippen LogP contribution in [0, 0.1) is 5.41 Å². The van der Waals surface area contributed by atoms with Gasteiger partial charge in [-0.25, -0.2) is 0 Å². The molecule has 5 heteroatoms. The average molecular weight is 346 g/mol. The Kier molecular flexibility index (Phi) is 5.22. The quantitative estimate of drug-likeness (QED) is 0.817. The van der Waals surface area contributed by atoms with E-state index in [-0.39, 0.29) is 12.5 Å². The van der Waals surface area contributed by atoms with Crippen LogP contribution in [0.15, 0.2) is 47.2 Å². The lowest BCUT2D eigenvalue weighted by molar-refractivity contribution is 0.0958. The van der Waals surface area contributed by atoms with E-state index in [1.807, 2.05) is 30.3 Å². The topological polar surface area (TPSA) is 65.8 Å². The molecule has 2 N–H and O–H groups in total. The van der Waals surface area contributed by atoms with Gasteiger partial charge in [0, 0.05) is 22.6 Å². The molecule has 108 valence electrons. The summed E-state index contributed by atoms with van der Waals surface area (Å²) in [5, 5.41) is 10.0. The van der Waals surface area contributed by atoms with Crippen LogP contribution in [-0.4, -0.2) is 23.1 Å². The van der Waals surface area contributed by atoms with Gasteiger partial charge in [0.15, 0.2) is 0 Å². The maximum Gasteiger partial charge on any atom is 0.253 e. The van der Waals surface area contributed by atoms with Crippen LogP contribution in [0.2, 0.25) is 0 Å². The normalized spacial score (nSPS) is 10.2. The van der Waals surface area contributed by atoms with E-state index in [1.54, 1.807) is 19.3 Å². The van der Waals surface area contributed by atoms with Crippen molar-refractivity contribution in [2.75, 3.05) is 6.54 Å². The summed E-state index contributed by atoms with van der Waals surface area (Å²) in [7, 11) is 0. The highest BCUT2D eigenvalue weighted by Gasteiger charge is 2.07. The summed E-state index contributed by atoms with van der Waals surface area (Å²) < 4.78 is 1.04. The fraction of sp³-hybridized carbons (Fsp3) is 0.188. The molecule has 0 saturated heterocycles. The molecule has 2 rings (SSSR count). The van der Waals surface area contributed by atoms with Crippen molar-refractivity contribution >= 4 is 27.5 Å². The first-order chi connectivity index (χ1) is 10.0. The van der Waals surface area contributed by atoms with Crippen molar-refractivity contribution in [2.24, 2.45) is 0 Å². The third-order valence-corrected chi connectivity index (χ3v) is 3.42. The van der Waals surface area contributed by atoms with E-state index in [1.165, 1.54) is 0 Å². The third kappa shape index (κ3) is 4.79. The van der Waals surface area contributed by atoms with Crippen LogP contribution in [0.1, 0.15) is 28.4 Å². The predicted molar refractivity (Wildman–Crippen MR) is 86.9 cm³/mol. The van der Waals surface area contributed by atoms with Gasteiger partial charge in [-0.1, -0.05) is 28.1 Å². The Labute approximate surface area is 132 Å². The van der Waals surface area contributed by atoms with E-state index < -0.39 is 0 Å². The molecule has 0 spiro atoms. The second-order valence-corrected chi connectivity index (χ2v) is 5.76. The van der Waals surface area contributed by atoms with Crippen LogP contribution >= 0.6 is 15.9 Å². The Morgan fingerprint density at radius 2 is 1.95 bits per heavy atom. The highest BCUT2D eigenvalue weighted by molar-refractivity contribution is 9.10. The summed E-state index contributed by atoms with van der Waals surface area (Å²) >= 11 is 3.41. The lowest BCUT2D eigenvalue weighted by Gasteiger charge is -2.06. The summed E-state index contributed by atoms with van der Waals surface area (Å²) in [6.07, 6.45) is 4.03. The second-order valence-electron chi connectivity index (χ2n) is 4.85. The Morgan fingerprint density at radius 3 is 2.62 bits per heavy atom. The third-order valence-electron chi connectivity index (χ3n) is 2.89. The largest absolute Gasteiger partial charge is 0.347 e. The van der Waals surface area contributed by atoms with Gasteiger partial charge in [-0.2, -0.15) is 0 Å². The molecule has 1 heterocycles. The second kappa shape index (κ2) is 7.13. The zero-order valence-electron chi connectivity index (χ0n) is 11.7. The maximum atomic E-state index is 11.9. The minimum Gasteiger partial charge on any atom is -0.347 e. The molecule has 21 heavy (non-hydrogen) atoms. The van der Waals surface area contributed by atoms with Crippen molar-refractivity contribution in [3.63, 3.8) is 0 Å². The van der Waals surface area contributed by atoms with Gasteiger partial charge in [0.2, 0.25) is 0 Å². The molecular weight excluding hydrogens is 330 g/mol. The number of amides is 1. The number of nitrogens with zero attached hydrogens (tertiary/aromatic N) is 1. The van der Waals surface area contributed by atoms with Gasteiger partial charge in [0.25, 0.3) is 5.91 Å². The number of benzene rings is 1. The van der Waals surface area contributed by atoms with Crippen LogP contribution in [0.3, 0.4) is 0 Å². The summed E-state index contributed by atoms with van der Waals surface area (Å²) in [5.74, 6) is -0.202. The monoisotopic (exact) mass is 345 g/mol. The summed E-state index contributed by atoms with van der Waals surface area (Å²) in [6.45, 7) is 1.91. The maximum absolute atomic E-state index is 11.9. The van der Waals surface area contributed by atoms with Gasteiger partial charge in [-0.15, -0.1) is 0 Å². The predicted octanol–water partition coefficient (Wildman–Crippen LogP) is 3.20. The summed E-state index contributed by atoms with van der Waals surface area (Å²) in [5.41, 5.74) is 3.08. The van der Waals surface area contributed by atoms with Crippen LogP contribution in [0.4, 0.5) is 0 Å². The SMILES string of the molecule is CC(=N)CNC(=O)c1cncc(Cc2ccc(Br)cc2)c1. The number of aromatic nitrogens is 1. The average Bonchev–Trinajstić information content (AvgIpc) is 2.47. The number of carbonyl (C=O) groups is 1. The van der Waals surface area contributed by atoms with Gasteiger partial charge in [-0.05, 0) is 42.7 Å². The molecule has 1 aromatic carbocycles. The molecule has 4 nitrogen and oxygen atoms in total. The minimum absolute atomic E-state index is 0.202. The van der Waals surface area contributed by atoms with E-state index in [9.17, 15) is 4.79 Å². The number of nitrogens with one attached hydrogen (secondary N) is 2. The fourth-order valence-electron chi connectivity index (χ4n) is 1.86. The van der Waals surface area contributed by atoms with E-state index in [2.05, 4.69) is 26.2 Å². The highest BCUT2D eigenvalue weighted by Crippen LogP contribution is 2.14. The zero-order chi connectivity index (χ0) is 15.2. The number of rotatable bonds is 5. The number of hydrogen-bond acceptors (Lipinski definition) is 3. The van der Waals surface area contributed by atoms with E-state index in [0.717, 1.165) is 22.0 Å². The van der Waals surface area contributed by atoms with E-state index >= 15 is 0 Å². The minimum atomic E-state index is -0.202. The molecule has 2 aromatic rings. The Hall–Kier alpha value is -2.01. The first-order valence-corrected chi connectivity index (χ1v) is 7.34. The van der Waals surface area contributed by atoms with Crippen molar-refractivity contribution < 1.29 is 4.79 Å². The molecule has 0 aliphatic rings. The fourth-order valence-corrected chi connectivity index (χ4v) is 2.13. The Morgan fingerprint density at radius 1 is 1.24 bits per heavy atom. The lowest BCUT2D eigenvalue weighted by Crippen LogP contribution is -2.28. The van der Waals surface area contributed by atoms with Gasteiger partial charge < -0.3 is 10.7 Å². The molecule has 0 fully saturated rings. The lowest BCUT2D eigenvalue weighted by atomic mass is 10.1. The molecule has 1 amide bonds. The Bertz CT molecular complexity index is 653. The first kappa shape index (κ1) is 15.4. The van der Waals surface area contributed by atoms with Crippen molar-refractivity contribution in [1.82, 2.24) is 10.3 Å². The molecular formula is C16H16BrN3O. The standard InChI is InChI=1S/C16H16BrN3O/c1-11(18)8-20-16(21)14-7-13(9-19-10-14)6-12-2-4-15(17)5-3-12/h2-5,7,9-10,18H,6,8H2,1H3,(H,20,21). The van der Waals surface area contributed by atoms with Gasteiger partial charge in [0.1, 0.15) is 0 Å². The summed E-state index contributed by atoms with van der Waals surface area (Å²) in [4.78, 5) is 16.1. The van der Waals surface area contributed by atoms with Crippen molar-refractivity contribution in [3.05, 3.63) is 63.9 Å². The molecule has 0 aliphatic carbocycles.